The van der Waals surface area contributed by atoms with Gasteiger partial charge >= 0.3 is 5.97 Å². The Morgan fingerprint density at radius 1 is 1.30 bits per heavy atom. The van der Waals surface area contributed by atoms with E-state index in [1.165, 1.54) is 4.90 Å². The lowest BCUT2D eigenvalue weighted by atomic mass is 10.0. The smallest absolute Gasteiger partial charge is 0.303 e. The van der Waals surface area contributed by atoms with Gasteiger partial charge in [0, 0.05) is 38.4 Å². The summed E-state index contributed by atoms with van der Waals surface area (Å²) in [6.45, 7) is 3.10. The maximum absolute atomic E-state index is 12.1. The number of likely N-dealkylation sites (N-methyl/N-ethyl adjacent to an activating group) is 1. The van der Waals surface area contributed by atoms with Gasteiger partial charge in [-0.25, -0.2) is 4.98 Å². The second-order valence-electron chi connectivity index (χ2n) is 7.19. The molecule has 1 aliphatic rings. The molecule has 0 unspecified atom stereocenters. The molecule has 3 rings (SSSR count). The summed E-state index contributed by atoms with van der Waals surface area (Å²) in [6.07, 6.45) is 1.97. The minimum absolute atomic E-state index is 0.0657. The molecule has 3 heterocycles. The number of hydrogen-bond acceptors (Lipinski definition) is 6. The number of aromatic nitrogens is 2. The zero-order valence-electron chi connectivity index (χ0n) is 15.6. The van der Waals surface area contributed by atoms with Crippen LogP contribution in [0, 0.1) is 6.92 Å². The van der Waals surface area contributed by atoms with Crippen LogP contribution in [0.3, 0.4) is 0 Å². The Bertz CT molecular complexity index is 872. The topological polar surface area (TPSA) is 107 Å². The van der Waals surface area contributed by atoms with Gasteiger partial charge in [-0.3, -0.25) is 14.6 Å². The average Bonchev–Trinajstić information content (AvgIpc) is 3.00. The first-order chi connectivity index (χ1) is 12.8. The number of carbonyl (C=O) groups excluding carboxylic acids is 1. The maximum Gasteiger partial charge on any atom is 0.303 e. The van der Waals surface area contributed by atoms with Crippen molar-refractivity contribution in [3.63, 3.8) is 0 Å². The fraction of sp³-hybridized carbons (Fsp3) is 0.474. The number of carboxylic acids is 1. The molecule has 1 atom stereocenters. The largest absolute Gasteiger partial charge is 0.481 e. The molecule has 2 aromatic rings. The lowest BCUT2D eigenvalue weighted by Crippen LogP contribution is -2.45. The molecule has 0 spiro atoms. The number of rotatable bonds is 6. The van der Waals surface area contributed by atoms with E-state index >= 15 is 0 Å². The number of pyridine rings is 2. The van der Waals surface area contributed by atoms with Crippen molar-refractivity contribution >= 4 is 28.6 Å². The van der Waals surface area contributed by atoms with Crippen LogP contribution in [0.15, 0.2) is 24.4 Å². The van der Waals surface area contributed by atoms with Crippen LogP contribution in [0.1, 0.15) is 25.0 Å². The zero-order chi connectivity index (χ0) is 19.6. The summed E-state index contributed by atoms with van der Waals surface area (Å²) in [5.41, 5.74) is 2.36. The third-order valence-corrected chi connectivity index (χ3v) is 4.88. The normalized spacial score (nSPS) is 19.4. The van der Waals surface area contributed by atoms with Crippen LogP contribution in [0.2, 0.25) is 0 Å². The first-order valence-corrected chi connectivity index (χ1v) is 8.93. The lowest BCUT2D eigenvalue weighted by Gasteiger charge is -2.29. The van der Waals surface area contributed by atoms with Gasteiger partial charge in [-0.1, -0.05) is 0 Å². The molecule has 0 saturated carbocycles. The van der Waals surface area contributed by atoms with E-state index in [1.807, 2.05) is 25.1 Å². The van der Waals surface area contributed by atoms with Crippen molar-refractivity contribution in [2.75, 3.05) is 31.6 Å². The molecule has 0 aliphatic carbocycles. The summed E-state index contributed by atoms with van der Waals surface area (Å²) in [5, 5.41) is 19.7. The fourth-order valence-corrected chi connectivity index (χ4v) is 3.49. The number of carbonyl (C=O) groups is 2. The highest BCUT2D eigenvalue weighted by Crippen LogP contribution is 2.31. The Hall–Kier alpha value is -2.74. The lowest BCUT2D eigenvalue weighted by molar-refractivity contribution is -0.141. The highest BCUT2D eigenvalue weighted by Gasteiger charge is 2.38. The van der Waals surface area contributed by atoms with Gasteiger partial charge in [0.05, 0.1) is 24.2 Å². The molecule has 8 nitrogen and oxygen atoms in total. The Morgan fingerprint density at radius 3 is 2.81 bits per heavy atom. The summed E-state index contributed by atoms with van der Waals surface area (Å²) in [6, 6.07) is 5.73. The van der Waals surface area contributed by atoms with Crippen LogP contribution in [0.5, 0.6) is 0 Å². The Balaban J connectivity index is 1.72. The van der Waals surface area contributed by atoms with Crippen LogP contribution in [-0.2, 0) is 9.59 Å². The third kappa shape index (κ3) is 4.33. The van der Waals surface area contributed by atoms with E-state index in [2.05, 4.69) is 14.9 Å². The quantitative estimate of drug-likeness (QED) is 0.785. The molecule has 1 saturated heterocycles. The minimum Gasteiger partial charge on any atom is -0.481 e. The van der Waals surface area contributed by atoms with Crippen molar-refractivity contribution in [2.45, 2.75) is 31.8 Å². The number of hydrogen-bond donors (Lipinski definition) is 2. The van der Waals surface area contributed by atoms with Crippen molar-refractivity contribution in [3.8, 4) is 0 Å². The van der Waals surface area contributed by atoms with Gasteiger partial charge in [0.25, 0.3) is 0 Å². The van der Waals surface area contributed by atoms with Crippen LogP contribution < -0.4 is 4.90 Å². The van der Waals surface area contributed by atoms with Crippen molar-refractivity contribution < 1.29 is 19.8 Å². The van der Waals surface area contributed by atoms with Crippen LogP contribution >= 0.6 is 0 Å². The number of amides is 1. The Kier molecular flexibility index (Phi) is 5.27. The van der Waals surface area contributed by atoms with E-state index < -0.39 is 11.6 Å². The molecule has 27 heavy (non-hydrogen) atoms. The molecule has 0 bridgehead atoms. The molecule has 2 aromatic heterocycles. The van der Waals surface area contributed by atoms with E-state index in [0.717, 1.165) is 22.4 Å². The summed E-state index contributed by atoms with van der Waals surface area (Å²) in [5.74, 6) is -1.29. The van der Waals surface area contributed by atoms with Gasteiger partial charge in [-0.15, -0.1) is 0 Å². The Labute approximate surface area is 157 Å². The highest BCUT2D eigenvalue weighted by molar-refractivity contribution is 5.88. The predicted molar refractivity (Wildman–Crippen MR) is 101 cm³/mol. The molecule has 2 N–H and O–H groups in total. The SMILES string of the molecule is Cc1ccc2nccc(N3CC[C@@](O)(CN(C)C(=O)CCC(=O)O)C3)c2n1. The molecule has 8 heteroatoms. The van der Waals surface area contributed by atoms with E-state index in [-0.39, 0.29) is 25.3 Å². The number of fused-ring (bicyclic) bond motifs is 1. The molecule has 1 fully saturated rings. The monoisotopic (exact) mass is 372 g/mol. The average molecular weight is 372 g/mol. The van der Waals surface area contributed by atoms with Crippen LogP contribution in [0.4, 0.5) is 5.69 Å². The summed E-state index contributed by atoms with van der Waals surface area (Å²) >= 11 is 0. The summed E-state index contributed by atoms with van der Waals surface area (Å²) < 4.78 is 0. The number of carboxylic acid groups (broad SMARTS) is 1. The number of β-amino-alcohol motifs (C(OH)–C–C–N with tert-alkyl or cyclic N) is 1. The van der Waals surface area contributed by atoms with E-state index in [9.17, 15) is 14.7 Å². The van der Waals surface area contributed by atoms with Gasteiger partial charge in [0.15, 0.2) is 0 Å². The first kappa shape index (κ1) is 19.0. The molecule has 144 valence electrons. The second-order valence-corrected chi connectivity index (χ2v) is 7.19. The summed E-state index contributed by atoms with van der Waals surface area (Å²) in [7, 11) is 1.59. The van der Waals surface area contributed by atoms with Gasteiger partial charge in [-0.2, -0.15) is 0 Å². The van der Waals surface area contributed by atoms with Crippen molar-refractivity contribution in [1.29, 1.82) is 0 Å². The number of aryl methyl sites for hydroxylation is 1. The highest BCUT2D eigenvalue weighted by atomic mass is 16.4. The van der Waals surface area contributed by atoms with Crippen molar-refractivity contribution in [3.05, 3.63) is 30.1 Å². The molecule has 1 amide bonds. The molecular weight excluding hydrogens is 348 g/mol. The van der Waals surface area contributed by atoms with Crippen LogP contribution in [-0.4, -0.2) is 69.2 Å². The van der Waals surface area contributed by atoms with Gasteiger partial charge < -0.3 is 20.0 Å². The minimum atomic E-state index is -1.05. The van der Waals surface area contributed by atoms with Crippen molar-refractivity contribution in [1.82, 2.24) is 14.9 Å². The van der Waals surface area contributed by atoms with Gasteiger partial charge in [0.2, 0.25) is 5.91 Å². The van der Waals surface area contributed by atoms with E-state index in [0.29, 0.717) is 19.5 Å². The standard InChI is InChI=1S/C19H24N4O4/c1-13-3-4-14-18(21-13)15(7-9-20-14)23-10-8-19(27,12-23)11-22(2)16(24)5-6-17(25)26/h3-4,7,9,27H,5-6,8,10-12H2,1-2H3,(H,25,26)/t19-/m1/s1. The maximum atomic E-state index is 12.1. The Morgan fingerprint density at radius 2 is 2.07 bits per heavy atom. The first-order valence-electron chi connectivity index (χ1n) is 8.93. The van der Waals surface area contributed by atoms with E-state index in [1.54, 1.807) is 13.2 Å². The van der Waals surface area contributed by atoms with Gasteiger partial charge in [0.1, 0.15) is 11.1 Å². The second kappa shape index (κ2) is 7.48. The molecule has 0 radical (unpaired) electrons. The van der Waals surface area contributed by atoms with Crippen molar-refractivity contribution in [2.24, 2.45) is 0 Å². The third-order valence-electron chi connectivity index (χ3n) is 4.88. The number of aliphatic hydroxyl groups is 1. The molecule has 1 aliphatic heterocycles. The number of anilines is 1. The fourth-order valence-electron chi connectivity index (χ4n) is 3.49. The predicted octanol–water partition coefficient (Wildman–Crippen LogP) is 1.20. The molecule has 0 aromatic carbocycles. The van der Waals surface area contributed by atoms with Crippen LogP contribution in [0.25, 0.3) is 11.0 Å². The molecular formula is C19H24N4O4. The zero-order valence-corrected chi connectivity index (χ0v) is 15.6. The number of nitrogens with zero attached hydrogens (tertiary/aromatic N) is 4. The summed E-state index contributed by atoms with van der Waals surface area (Å²) in [4.78, 5) is 35.1. The van der Waals surface area contributed by atoms with Gasteiger partial charge in [-0.05, 0) is 31.5 Å². The van der Waals surface area contributed by atoms with E-state index in [4.69, 9.17) is 5.11 Å². The number of aliphatic carboxylic acids is 1.